The van der Waals surface area contributed by atoms with E-state index in [1.54, 1.807) is 0 Å². The van der Waals surface area contributed by atoms with Crippen molar-refractivity contribution in [1.82, 2.24) is 0 Å². The molecule has 4 nitrogen and oxygen atoms in total. The molecule has 4 heteroatoms. The van der Waals surface area contributed by atoms with E-state index in [2.05, 4.69) is 9.99 Å². The van der Waals surface area contributed by atoms with Crippen molar-refractivity contribution in [3.8, 4) is 0 Å². The maximum atomic E-state index is 11.5. The second-order valence-electron chi connectivity index (χ2n) is 3.79. The van der Waals surface area contributed by atoms with Crippen molar-refractivity contribution in [3.63, 3.8) is 0 Å². The summed E-state index contributed by atoms with van der Waals surface area (Å²) in [6.45, 7) is 5.45. The summed E-state index contributed by atoms with van der Waals surface area (Å²) in [5, 5.41) is 3.50. The first-order chi connectivity index (χ1) is 6.49. The van der Waals surface area contributed by atoms with Crippen LogP contribution in [0.4, 0.5) is 0 Å². The van der Waals surface area contributed by atoms with Gasteiger partial charge in [0.05, 0.1) is 11.8 Å². The zero-order valence-corrected chi connectivity index (χ0v) is 8.48. The van der Waals surface area contributed by atoms with Gasteiger partial charge in [0.1, 0.15) is 11.9 Å². The molecule has 1 rings (SSSR count). The van der Waals surface area contributed by atoms with Crippen molar-refractivity contribution in [2.75, 3.05) is 0 Å². The molecule has 1 aliphatic rings. The SMILES string of the molecule is CC(C)(C)OC(=O)C1=CC=NOC=C1. The van der Waals surface area contributed by atoms with Gasteiger partial charge in [-0.1, -0.05) is 5.16 Å². The summed E-state index contributed by atoms with van der Waals surface area (Å²) in [4.78, 5) is 16.1. The van der Waals surface area contributed by atoms with Gasteiger partial charge in [0.25, 0.3) is 0 Å². The lowest BCUT2D eigenvalue weighted by Gasteiger charge is -2.19. The molecule has 0 unspecified atom stereocenters. The number of carbonyl (C=O) groups excluding carboxylic acids is 1. The minimum atomic E-state index is -0.490. The molecule has 0 atom stereocenters. The molecule has 0 spiro atoms. The smallest absolute Gasteiger partial charge is 0.338 e. The van der Waals surface area contributed by atoms with Crippen molar-refractivity contribution in [1.29, 1.82) is 0 Å². The van der Waals surface area contributed by atoms with Gasteiger partial charge in [-0.2, -0.15) is 0 Å². The molecule has 0 aliphatic carbocycles. The molecule has 0 amide bonds. The number of nitrogens with zero attached hydrogens (tertiary/aromatic N) is 1. The maximum Gasteiger partial charge on any atom is 0.338 e. The fourth-order valence-corrected chi connectivity index (χ4v) is 0.813. The van der Waals surface area contributed by atoms with Gasteiger partial charge in [-0.15, -0.1) is 0 Å². The van der Waals surface area contributed by atoms with Gasteiger partial charge in [-0.3, -0.25) is 0 Å². The van der Waals surface area contributed by atoms with Crippen LogP contribution in [0.15, 0.2) is 29.1 Å². The van der Waals surface area contributed by atoms with Gasteiger partial charge >= 0.3 is 5.97 Å². The van der Waals surface area contributed by atoms with Crippen molar-refractivity contribution >= 4 is 12.2 Å². The minimum absolute atomic E-state index is 0.384. The topological polar surface area (TPSA) is 47.9 Å². The Morgan fingerprint density at radius 3 is 2.86 bits per heavy atom. The Hall–Kier alpha value is -1.58. The monoisotopic (exact) mass is 195 g/mol. The highest BCUT2D eigenvalue weighted by Crippen LogP contribution is 2.12. The van der Waals surface area contributed by atoms with Crippen LogP contribution < -0.4 is 0 Å². The molecule has 1 aliphatic heterocycles. The number of esters is 1. The van der Waals surface area contributed by atoms with Crippen LogP contribution in [-0.2, 0) is 14.4 Å². The minimum Gasteiger partial charge on any atom is -0.456 e. The Morgan fingerprint density at radius 2 is 2.21 bits per heavy atom. The van der Waals surface area contributed by atoms with Crippen LogP contribution in [0.2, 0.25) is 0 Å². The van der Waals surface area contributed by atoms with Gasteiger partial charge in [0.15, 0.2) is 0 Å². The number of ether oxygens (including phenoxy) is 1. The third kappa shape index (κ3) is 3.43. The fourth-order valence-electron chi connectivity index (χ4n) is 0.813. The first-order valence-electron chi connectivity index (χ1n) is 4.28. The van der Waals surface area contributed by atoms with Crippen molar-refractivity contribution in [2.45, 2.75) is 26.4 Å². The Morgan fingerprint density at radius 1 is 1.50 bits per heavy atom. The molecule has 0 aromatic heterocycles. The Labute approximate surface area is 82.9 Å². The molecule has 0 saturated heterocycles. The average Bonchev–Trinajstić information content (AvgIpc) is 2.27. The second-order valence-corrected chi connectivity index (χ2v) is 3.79. The Balaban J connectivity index is 2.69. The summed E-state index contributed by atoms with van der Waals surface area (Å²) >= 11 is 0. The molecule has 0 saturated carbocycles. The fraction of sp³-hybridized carbons (Fsp3) is 0.400. The lowest BCUT2D eigenvalue weighted by molar-refractivity contribution is -0.149. The van der Waals surface area contributed by atoms with E-state index < -0.39 is 5.60 Å². The van der Waals surface area contributed by atoms with Crippen LogP contribution in [0.1, 0.15) is 20.8 Å². The van der Waals surface area contributed by atoms with Crippen molar-refractivity contribution in [2.24, 2.45) is 5.16 Å². The summed E-state index contributed by atoms with van der Waals surface area (Å²) < 4.78 is 5.16. The third-order valence-corrected chi connectivity index (χ3v) is 1.32. The normalized spacial score (nSPS) is 15.5. The van der Waals surface area contributed by atoms with Crippen LogP contribution in [0.3, 0.4) is 0 Å². The molecular formula is C10H13NO3. The summed E-state index contributed by atoms with van der Waals surface area (Å²) in [5.74, 6) is -0.384. The zero-order valence-electron chi connectivity index (χ0n) is 8.48. The highest BCUT2D eigenvalue weighted by molar-refractivity contribution is 5.96. The molecule has 0 bridgehead atoms. The van der Waals surface area contributed by atoms with E-state index in [1.165, 1.54) is 24.6 Å². The number of hydrogen-bond acceptors (Lipinski definition) is 4. The van der Waals surface area contributed by atoms with E-state index in [4.69, 9.17) is 4.74 Å². The van der Waals surface area contributed by atoms with E-state index in [0.717, 1.165) is 0 Å². The maximum absolute atomic E-state index is 11.5. The van der Waals surface area contributed by atoms with Gasteiger partial charge < -0.3 is 9.57 Å². The molecule has 76 valence electrons. The molecule has 14 heavy (non-hydrogen) atoms. The van der Waals surface area contributed by atoms with Crippen LogP contribution in [-0.4, -0.2) is 17.8 Å². The third-order valence-electron chi connectivity index (χ3n) is 1.32. The highest BCUT2D eigenvalue weighted by atomic mass is 16.6. The molecule has 0 radical (unpaired) electrons. The number of hydrogen-bond donors (Lipinski definition) is 0. The van der Waals surface area contributed by atoms with Crippen molar-refractivity contribution in [3.05, 3.63) is 24.0 Å². The van der Waals surface area contributed by atoms with E-state index in [-0.39, 0.29) is 5.97 Å². The average molecular weight is 195 g/mol. The zero-order chi connectivity index (χ0) is 10.6. The largest absolute Gasteiger partial charge is 0.456 e. The van der Waals surface area contributed by atoms with Gasteiger partial charge in [-0.05, 0) is 32.9 Å². The van der Waals surface area contributed by atoms with Crippen LogP contribution in [0, 0.1) is 0 Å². The lowest BCUT2D eigenvalue weighted by Crippen LogP contribution is -2.24. The van der Waals surface area contributed by atoms with Gasteiger partial charge in [-0.25, -0.2) is 4.79 Å². The Bertz CT molecular complexity index is 308. The molecule has 0 N–H and O–H groups in total. The molecular weight excluding hydrogens is 182 g/mol. The highest BCUT2D eigenvalue weighted by Gasteiger charge is 2.18. The van der Waals surface area contributed by atoms with Gasteiger partial charge in [0.2, 0.25) is 0 Å². The van der Waals surface area contributed by atoms with Gasteiger partial charge in [0, 0.05) is 0 Å². The summed E-state index contributed by atoms with van der Waals surface area (Å²) in [5.41, 5.74) is -0.0723. The molecule has 0 aromatic rings. The lowest BCUT2D eigenvalue weighted by atomic mass is 10.2. The molecule has 0 aromatic carbocycles. The van der Waals surface area contributed by atoms with Crippen molar-refractivity contribution < 1.29 is 14.4 Å². The van der Waals surface area contributed by atoms with E-state index in [9.17, 15) is 4.79 Å². The number of allylic oxidation sites excluding steroid dienone is 1. The molecule has 0 fully saturated rings. The summed E-state index contributed by atoms with van der Waals surface area (Å²) in [7, 11) is 0. The summed E-state index contributed by atoms with van der Waals surface area (Å²) in [6, 6.07) is 0. The van der Waals surface area contributed by atoms with E-state index in [1.807, 2.05) is 20.8 Å². The van der Waals surface area contributed by atoms with Crippen LogP contribution in [0.5, 0.6) is 0 Å². The number of oxime groups is 1. The first kappa shape index (κ1) is 10.5. The second kappa shape index (κ2) is 4.09. The van der Waals surface area contributed by atoms with E-state index in [0.29, 0.717) is 5.57 Å². The number of carbonyl (C=O) groups is 1. The summed E-state index contributed by atoms with van der Waals surface area (Å²) in [6.07, 6.45) is 5.79. The van der Waals surface area contributed by atoms with Crippen LogP contribution >= 0.6 is 0 Å². The van der Waals surface area contributed by atoms with E-state index >= 15 is 0 Å². The Kier molecular flexibility index (Phi) is 3.06. The first-order valence-corrected chi connectivity index (χ1v) is 4.28. The standard InChI is InChI=1S/C10H13NO3/c1-10(2,3)14-9(12)8-4-6-11-13-7-5-8/h4-7H,1-3H3. The van der Waals surface area contributed by atoms with Crippen LogP contribution in [0.25, 0.3) is 0 Å². The predicted molar refractivity (Wildman–Crippen MR) is 52.6 cm³/mol. The predicted octanol–water partition coefficient (Wildman–Crippen LogP) is 1.78. The number of rotatable bonds is 1. The quantitative estimate of drug-likeness (QED) is 0.599. The molecule has 1 heterocycles.